The van der Waals surface area contributed by atoms with Crippen LogP contribution >= 0.6 is 23.2 Å². The lowest BCUT2D eigenvalue weighted by Crippen LogP contribution is -2.20. The molecule has 0 bridgehead atoms. The number of aromatic nitrogens is 5. The van der Waals surface area contributed by atoms with Gasteiger partial charge in [0.2, 0.25) is 5.91 Å². The standard InChI is InChI=1S/C23H20Cl2F2N6O/c1-12-21-14(22(26)27)9-18(13-5-6-13)28-23(21)33(30-12)11-20(34)29-19-7-8-32(31-19)10-15-16(24)3-2-4-17(15)25/h2-4,7-9,13,22H,5-6,10-11H2,1H3,(H,29,31,34). The predicted molar refractivity (Wildman–Crippen MR) is 126 cm³/mol. The third-order valence-electron chi connectivity index (χ3n) is 5.74. The molecule has 1 fully saturated rings. The van der Waals surface area contributed by atoms with Gasteiger partial charge in [0, 0.05) is 45.0 Å². The van der Waals surface area contributed by atoms with Gasteiger partial charge in [0.05, 0.1) is 17.6 Å². The lowest BCUT2D eigenvalue weighted by molar-refractivity contribution is -0.116. The van der Waals surface area contributed by atoms with E-state index >= 15 is 0 Å². The van der Waals surface area contributed by atoms with E-state index in [1.165, 1.54) is 10.7 Å². The Bertz CT molecular complexity index is 1380. The van der Waals surface area contributed by atoms with Gasteiger partial charge in [0.25, 0.3) is 6.43 Å². The second kappa shape index (κ2) is 8.96. The minimum atomic E-state index is -2.65. The van der Waals surface area contributed by atoms with Gasteiger partial charge in [-0.3, -0.25) is 9.48 Å². The van der Waals surface area contributed by atoms with Gasteiger partial charge in [0.1, 0.15) is 6.54 Å². The molecule has 176 valence electrons. The maximum atomic E-state index is 13.7. The zero-order valence-corrected chi connectivity index (χ0v) is 19.6. The zero-order chi connectivity index (χ0) is 24.0. The van der Waals surface area contributed by atoms with Crippen molar-refractivity contribution in [1.82, 2.24) is 24.5 Å². The van der Waals surface area contributed by atoms with E-state index in [0.717, 1.165) is 18.4 Å². The van der Waals surface area contributed by atoms with Gasteiger partial charge in [-0.2, -0.15) is 10.2 Å². The van der Waals surface area contributed by atoms with Gasteiger partial charge in [-0.05, 0) is 38.0 Å². The number of carbonyl (C=O) groups is 1. The Balaban J connectivity index is 1.35. The molecule has 1 amide bonds. The zero-order valence-electron chi connectivity index (χ0n) is 18.1. The number of aryl methyl sites for hydroxylation is 1. The van der Waals surface area contributed by atoms with Crippen molar-refractivity contribution in [3.63, 3.8) is 0 Å². The molecule has 4 aromatic rings. The summed E-state index contributed by atoms with van der Waals surface area (Å²) in [6.07, 6.45) is 0.901. The molecular weight excluding hydrogens is 485 g/mol. The first-order valence-corrected chi connectivity index (χ1v) is 11.5. The van der Waals surface area contributed by atoms with Gasteiger partial charge < -0.3 is 5.32 Å². The molecule has 0 radical (unpaired) electrons. The summed E-state index contributed by atoms with van der Waals surface area (Å²) in [7, 11) is 0. The lowest BCUT2D eigenvalue weighted by atomic mass is 10.1. The number of benzene rings is 1. The maximum Gasteiger partial charge on any atom is 0.264 e. The molecule has 1 aromatic carbocycles. The maximum absolute atomic E-state index is 13.7. The average molecular weight is 505 g/mol. The highest BCUT2D eigenvalue weighted by Crippen LogP contribution is 2.41. The van der Waals surface area contributed by atoms with E-state index in [2.05, 4.69) is 20.5 Å². The molecule has 1 aliphatic carbocycles. The van der Waals surface area contributed by atoms with Gasteiger partial charge in [0.15, 0.2) is 11.5 Å². The molecule has 3 aromatic heterocycles. The Kier molecular flexibility index (Phi) is 5.99. The van der Waals surface area contributed by atoms with Crippen molar-refractivity contribution in [2.24, 2.45) is 0 Å². The topological polar surface area (TPSA) is 77.6 Å². The van der Waals surface area contributed by atoms with Crippen LogP contribution in [0, 0.1) is 6.92 Å². The highest BCUT2D eigenvalue weighted by atomic mass is 35.5. The van der Waals surface area contributed by atoms with Crippen LogP contribution in [0.25, 0.3) is 11.0 Å². The lowest BCUT2D eigenvalue weighted by Gasteiger charge is -2.08. The second-order valence-corrected chi connectivity index (χ2v) is 9.11. The van der Waals surface area contributed by atoms with E-state index in [9.17, 15) is 13.6 Å². The minimum absolute atomic E-state index is 0.0898. The fourth-order valence-corrected chi connectivity index (χ4v) is 4.47. The summed E-state index contributed by atoms with van der Waals surface area (Å²) in [6.45, 7) is 1.79. The van der Waals surface area contributed by atoms with Crippen molar-refractivity contribution < 1.29 is 13.6 Å². The summed E-state index contributed by atoms with van der Waals surface area (Å²) in [4.78, 5) is 17.3. The van der Waals surface area contributed by atoms with E-state index in [-0.39, 0.29) is 18.0 Å². The molecule has 0 spiro atoms. The number of nitrogens with zero attached hydrogens (tertiary/aromatic N) is 5. The number of rotatable bonds is 7. The van der Waals surface area contributed by atoms with E-state index in [0.29, 0.717) is 44.8 Å². The fraction of sp³-hybridized carbons (Fsp3) is 0.304. The smallest absolute Gasteiger partial charge is 0.264 e. The monoisotopic (exact) mass is 504 g/mol. The predicted octanol–water partition coefficient (Wildman–Crippen LogP) is 5.75. The number of hydrogen-bond donors (Lipinski definition) is 1. The van der Waals surface area contributed by atoms with Crippen LogP contribution in [0.1, 0.15) is 47.7 Å². The quantitative estimate of drug-likeness (QED) is 0.347. The molecule has 11 heteroatoms. The summed E-state index contributed by atoms with van der Waals surface area (Å²) >= 11 is 12.4. The van der Waals surface area contributed by atoms with Gasteiger partial charge in [-0.1, -0.05) is 29.3 Å². The molecule has 0 aliphatic heterocycles. The molecule has 7 nitrogen and oxygen atoms in total. The summed E-state index contributed by atoms with van der Waals surface area (Å²) < 4.78 is 30.5. The SMILES string of the molecule is Cc1nn(CC(=O)Nc2ccn(Cc3c(Cl)cccc3Cl)n2)c2nc(C3CC3)cc(C(F)F)c12. The van der Waals surface area contributed by atoms with Gasteiger partial charge in [-0.25, -0.2) is 18.4 Å². The largest absolute Gasteiger partial charge is 0.308 e. The van der Waals surface area contributed by atoms with Crippen LogP contribution in [-0.4, -0.2) is 30.5 Å². The van der Waals surface area contributed by atoms with E-state index < -0.39 is 12.3 Å². The first-order chi connectivity index (χ1) is 16.3. The molecule has 0 saturated heterocycles. The van der Waals surface area contributed by atoms with Gasteiger partial charge >= 0.3 is 0 Å². The van der Waals surface area contributed by atoms with Crippen molar-refractivity contribution >= 4 is 46.0 Å². The molecule has 0 atom stereocenters. The molecule has 5 rings (SSSR count). The second-order valence-electron chi connectivity index (χ2n) is 8.30. The number of nitrogens with one attached hydrogen (secondary N) is 1. The average Bonchev–Trinajstić information content (AvgIpc) is 3.48. The van der Waals surface area contributed by atoms with E-state index in [1.54, 1.807) is 42.1 Å². The molecule has 34 heavy (non-hydrogen) atoms. The summed E-state index contributed by atoms with van der Waals surface area (Å²) in [5, 5.41) is 12.7. The third-order valence-corrected chi connectivity index (χ3v) is 6.45. The third kappa shape index (κ3) is 4.50. The van der Waals surface area contributed by atoms with Crippen LogP contribution in [0.3, 0.4) is 0 Å². The van der Waals surface area contributed by atoms with E-state index in [1.807, 2.05) is 0 Å². The highest BCUT2D eigenvalue weighted by molar-refractivity contribution is 6.35. The first kappa shape index (κ1) is 22.7. The van der Waals surface area contributed by atoms with Crippen molar-refractivity contribution in [3.8, 4) is 0 Å². The Morgan fingerprint density at radius 2 is 1.94 bits per heavy atom. The van der Waals surface area contributed by atoms with Crippen LogP contribution in [0.4, 0.5) is 14.6 Å². The van der Waals surface area contributed by atoms with Crippen LogP contribution < -0.4 is 5.32 Å². The Labute approximate surface area is 203 Å². The number of pyridine rings is 1. The molecule has 1 aliphatic rings. The van der Waals surface area contributed by atoms with Crippen molar-refractivity contribution in [3.05, 3.63) is 69.1 Å². The normalized spacial score (nSPS) is 13.7. The number of alkyl halides is 2. The van der Waals surface area contributed by atoms with E-state index in [4.69, 9.17) is 23.2 Å². The van der Waals surface area contributed by atoms with Crippen LogP contribution in [0.5, 0.6) is 0 Å². The Hall–Kier alpha value is -3.04. The molecule has 0 unspecified atom stereocenters. The number of fused-ring (bicyclic) bond motifs is 1. The van der Waals surface area contributed by atoms with Crippen molar-refractivity contribution in [2.45, 2.75) is 45.2 Å². The number of carbonyl (C=O) groups excluding carboxylic acids is 1. The van der Waals surface area contributed by atoms with Crippen LogP contribution in [0.15, 0.2) is 36.5 Å². The first-order valence-electron chi connectivity index (χ1n) is 10.7. The van der Waals surface area contributed by atoms with Crippen molar-refractivity contribution in [1.29, 1.82) is 0 Å². The summed E-state index contributed by atoms with van der Waals surface area (Å²) in [6, 6.07) is 8.37. The number of amides is 1. The number of halogens is 4. The highest BCUT2D eigenvalue weighted by Gasteiger charge is 2.29. The molecule has 1 saturated carbocycles. The van der Waals surface area contributed by atoms with Crippen molar-refractivity contribution in [2.75, 3.05) is 5.32 Å². The summed E-state index contributed by atoms with van der Waals surface area (Å²) in [5.74, 6) is 0.124. The van der Waals surface area contributed by atoms with Crippen LogP contribution in [-0.2, 0) is 17.9 Å². The molecular formula is C23H20Cl2F2N6O. The Morgan fingerprint density at radius 3 is 2.62 bits per heavy atom. The number of anilines is 1. The molecule has 1 N–H and O–H groups in total. The fourth-order valence-electron chi connectivity index (χ4n) is 3.96. The summed E-state index contributed by atoms with van der Waals surface area (Å²) in [5.41, 5.74) is 1.96. The number of hydrogen-bond acceptors (Lipinski definition) is 4. The Morgan fingerprint density at radius 1 is 1.21 bits per heavy atom. The van der Waals surface area contributed by atoms with Gasteiger partial charge in [-0.15, -0.1) is 0 Å². The van der Waals surface area contributed by atoms with Crippen LogP contribution in [0.2, 0.25) is 10.0 Å². The molecule has 3 heterocycles. The minimum Gasteiger partial charge on any atom is -0.308 e.